The molecule has 7 heteroatoms. The minimum Gasteiger partial charge on any atom is -0.276 e. The Hall–Kier alpha value is -1.30. The van der Waals surface area contributed by atoms with Gasteiger partial charge in [-0.3, -0.25) is 9.71 Å². The van der Waals surface area contributed by atoms with E-state index in [1.807, 2.05) is 6.92 Å². The molecule has 1 N–H and O–H groups in total. The molecule has 1 aromatic heterocycles. The molecule has 0 atom stereocenters. The highest BCUT2D eigenvalue weighted by Gasteiger charge is 2.19. The monoisotopic (exact) mass is 316 g/mol. The van der Waals surface area contributed by atoms with E-state index in [0.29, 0.717) is 0 Å². The predicted molar refractivity (Wildman–Crippen MR) is 76.2 cm³/mol. The van der Waals surface area contributed by atoms with Gasteiger partial charge in [0.05, 0.1) is 21.9 Å². The molecule has 1 heterocycles. The summed E-state index contributed by atoms with van der Waals surface area (Å²) in [7, 11) is -3.79. The van der Waals surface area contributed by atoms with Crippen molar-refractivity contribution in [1.82, 2.24) is 4.98 Å². The van der Waals surface area contributed by atoms with E-state index in [0.717, 1.165) is 5.56 Å². The van der Waals surface area contributed by atoms with E-state index >= 15 is 0 Å². The molecular formula is C12H10Cl2N2O2S. The lowest BCUT2D eigenvalue weighted by molar-refractivity contribution is 0.601. The fourth-order valence-corrected chi connectivity index (χ4v) is 3.35. The quantitative estimate of drug-likeness (QED) is 0.942. The maximum absolute atomic E-state index is 12.2. The fraction of sp³-hybridized carbons (Fsp3) is 0.0833. The van der Waals surface area contributed by atoms with Crippen LogP contribution >= 0.6 is 23.2 Å². The van der Waals surface area contributed by atoms with Gasteiger partial charge in [-0.1, -0.05) is 29.3 Å². The molecule has 0 saturated carbocycles. The van der Waals surface area contributed by atoms with Crippen LogP contribution in [-0.4, -0.2) is 13.4 Å². The van der Waals surface area contributed by atoms with E-state index in [2.05, 4.69) is 9.71 Å². The largest absolute Gasteiger partial charge is 0.276 e. The number of anilines is 1. The van der Waals surface area contributed by atoms with E-state index in [-0.39, 0.29) is 20.6 Å². The second-order valence-electron chi connectivity index (χ2n) is 3.89. The molecule has 100 valence electrons. The Morgan fingerprint density at radius 2 is 1.89 bits per heavy atom. The predicted octanol–water partition coefficient (Wildman–Crippen LogP) is 3.50. The van der Waals surface area contributed by atoms with Crippen molar-refractivity contribution in [3.63, 3.8) is 0 Å². The van der Waals surface area contributed by atoms with Gasteiger partial charge in [0.15, 0.2) is 0 Å². The summed E-state index contributed by atoms with van der Waals surface area (Å²) in [5.74, 6) is 0. The number of hydrogen-bond donors (Lipinski definition) is 1. The molecule has 4 nitrogen and oxygen atoms in total. The number of hydrogen-bond acceptors (Lipinski definition) is 3. The third kappa shape index (κ3) is 3.18. The molecule has 0 saturated heterocycles. The summed E-state index contributed by atoms with van der Waals surface area (Å²) >= 11 is 11.8. The zero-order valence-corrected chi connectivity index (χ0v) is 12.2. The van der Waals surface area contributed by atoms with Crippen LogP contribution in [0, 0.1) is 6.92 Å². The maximum atomic E-state index is 12.2. The molecule has 2 aromatic rings. The van der Waals surface area contributed by atoms with E-state index in [1.165, 1.54) is 24.5 Å². The molecule has 0 aliphatic carbocycles. The maximum Gasteiger partial charge on any atom is 0.263 e. The van der Waals surface area contributed by atoms with Crippen molar-refractivity contribution in [2.45, 2.75) is 11.8 Å². The SMILES string of the molecule is Cc1ccc(S(=O)(=O)Nc2cnccc2Cl)c(Cl)c1. The second-order valence-corrected chi connectivity index (χ2v) is 6.36. The van der Waals surface area contributed by atoms with E-state index in [4.69, 9.17) is 23.2 Å². The molecule has 2 rings (SSSR count). The van der Waals surface area contributed by atoms with Gasteiger partial charge in [0.25, 0.3) is 10.0 Å². The highest BCUT2D eigenvalue weighted by atomic mass is 35.5. The number of rotatable bonds is 3. The van der Waals surface area contributed by atoms with Crippen LogP contribution < -0.4 is 4.72 Å². The zero-order valence-electron chi connectivity index (χ0n) is 9.89. The van der Waals surface area contributed by atoms with Crippen molar-refractivity contribution in [1.29, 1.82) is 0 Å². The lowest BCUT2D eigenvalue weighted by Crippen LogP contribution is -2.14. The molecule has 1 aromatic carbocycles. The summed E-state index contributed by atoms with van der Waals surface area (Å²) in [5.41, 5.74) is 1.09. The first-order valence-corrected chi connectivity index (χ1v) is 7.52. The Morgan fingerprint density at radius 3 is 2.53 bits per heavy atom. The first-order chi connectivity index (χ1) is 8.90. The molecule has 0 amide bonds. The summed E-state index contributed by atoms with van der Waals surface area (Å²) in [6.07, 6.45) is 2.81. The van der Waals surface area contributed by atoms with E-state index in [1.54, 1.807) is 12.1 Å². The number of nitrogens with one attached hydrogen (secondary N) is 1. The molecule has 19 heavy (non-hydrogen) atoms. The van der Waals surface area contributed by atoms with Crippen molar-refractivity contribution >= 4 is 38.9 Å². The van der Waals surface area contributed by atoms with Crippen molar-refractivity contribution in [3.8, 4) is 0 Å². The number of benzene rings is 1. The van der Waals surface area contributed by atoms with Crippen molar-refractivity contribution in [2.24, 2.45) is 0 Å². The molecule has 0 aliphatic heterocycles. The Bertz CT molecular complexity index is 717. The average molecular weight is 317 g/mol. The van der Waals surface area contributed by atoms with Crippen LogP contribution in [-0.2, 0) is 10.0 Å². The summed E-state index contributed by atoms with van der Waals surface area (Å²) in [6.45, 7) is 1.83. The Balaban J connectivity index is 2.41. The highest BCUT2D eigenvalue weighted by Crippen LogP contribution is 2.27. The van der Waals surface area contributed by atoms with Crippen molar-refractivity contribution in [3.05, 3.63) is 52.3 Å². The molecular weight excluding hydrogens is 307 g/mol. The van der Waals surface area contributed by atoms with Gasteiger partial charge in [0.2, 0.25) is 0 Å². The van der Waals surface area contributed by atoms with Crippen molar-refractivity contribution < 1.29 is 8.42 Å². The first-order valence-electron chi connectivity index (χ1n) is 5.28. The van der Waals surface area contributed by atoms with E-state index in [9.17, 15) is 8.42 Å². The Labute approximate surface area is 121 Å². The minimum absolute atomic E-state index is 0.000290. The van der Waals surface area contributed by atoms with Gasteiger partial charge >= 0.3 is 0 Å². The Kier molecular flexibility index (Phi) is 3.99. The topological polar surface area (TPSA) is 59.1 Å². The smallest absolute Gasteiger partial charge is 0.263 e. The summed E-state index contributed by atoms with van der Waals surface area (Å²) in [5, 5.41) is 0.425. The molecule has 0 bridgehead atoms. The van der Waals surface area contributed by atoms with Gasteiger partial charge in [-0.05, 0) is 30.7 Å². The van der Waals surface area contributed by atoms with Gasteiger partial charge in [0.1, 0.15) is 4.90 Å². The third-order valence-electron chi connectivity index (χ3n) is 2.39. The van der Waals surface area contributed by atoms with Crippen LogP contribution in [0.25, 0.3) is 0 Å². The van der Waals surface area contributed by atoms with Crippen LogP contribution in [0.15, 0.2) is 41.6 Å². The lowest BCUT2D eigenvalue weighted by Gasteiger charge is -2.10. The normalized spacial score (nSPS) is 11.3. The van der Waals surface area contributed by atoms with Gasteiger partial charge in [0, 0.05) is 6.20 Å². The van der Waals surface area contributed by atoms with Crippen LogP contribution in [0.3, 0.4) is 0 Å². The second kappa shape index (κ2) is 5.36. The highest BCUT2D eigenvalue weighted by molar-refractivity contribution is 7.92. The standard InChI is InChI=1S/C12H10Cl2N2O2S/c1-8-2-3-12(10(14)6-8)19(17,18)16-11-7-15-5-4-9(11)13/h2-7,16H,1H3. The number of aryl methyl sites for hydroxylation is 1. The minimum atomic E-state index is -3.79. The summed E-state index contributed by atoms with van der Waals surface area (Å²) in [6, 6.07) is 6.20. The molecule has 0 fully saturated rings. The van der Waals surface area contributed by atoms with E-state index < -0.39 is 10.0 Å². The van der Waals surface area contributed by atoms with Crippen LogP contribution in [0.5, 0.6) is 0 Å². The number of pyridine rings is 1. The van der Waals surface area contributed by atoms with Gasteiger partial charge < -0.3 is 0 Å². The average Bonchev–Trinajstić information content (AvgIpc) is 2.31. The number of halogens is 2. The molecule has 0 spiro atoms. The first kappa shape index (κ1) is 14.1. The molecule has 0 unspecified atom stereocenters. The zero-order chi connectivity index (χ0) is 14.0. The Morgan fingerprint density at radius 1 is 1.16 bits per heavy atom. The van der Waals surface area contributed by atoms with Crippen LogP contribution in [0.4, 0.5) is 5.69 Å². The fourth-order valence-electron chi connectivity index (χ4n) is 1.48. The summed E-state index contributed by atoms with van der Waals surface area (Å²) in [4.78, 5) is 3.82. The van der Waals surface area contributed by atoms with Crippen molar-refractivity contribution in [2.75, 3.05) is 4.72 Å². The number of nitrogens with zero attached hydrogens (tertiary/aromatic N) is 1. The van der Waals surface area contributed by atoms with Crippen LogP contribution in [0.1, 0.15) is 5.56 Å². The molecule has 0 radical (unpaired) electrons. The molecule has 0 aliphatic rings. The van der Waals surface area contributed by atoms with Gasteiger partial charge in [-0.25, -0.2) is 8.42 Å². The third-order valence-corrected chi connectivity index (χ3v) is 4.57. The number of aromatic nitrogens is 1. The van der Waals surface area contributed by atoms with Gasteiger partial charge in [-0.15, -0.1) is 0 Å². The van der Waals surface area contributed by atoms with Crippen LogP contribution in [0.2, 0.25) is 10.0 Å². The summed E-state index contributed by atoms with van der Waals surface area (Å²) < 4.78 is 26.8. The number of sulfonamides is 1. The lowest BCUT2D eigenvalue weighted by atomic mass is 10.2. The van der Waals surface area contributed by atoms with Gasteiger partial charge in [-0.2, -0.15) is 0 Å².